The Bertz CT molecular complexity index is 975. The molecule has 0 fully saturated rings. The number of ether oxygens (including phenoxy) is 1. The molecule has 2 aromatic heterocycles. The molecule has 0 radical (unpaired) electrons. The van der Waals surface area contributed by atoms with Gasteiger partial charge in [-0.1, -0.05) is 33.4 Å². The van der Waals surface area contributed by atoms with Gasteiger partial charge in [-0.05, 0) is 43.6 Å². The third kappa shape index (κ3) is 6.11. The Morgan fingerprint density at radius 3 is 2.57 bits per heavy atom. The lowest BCUT2D eigenvalue weighted by Crippen LogP contribution is -2.01. The number of nitrogens with one attached hydrogen (secondary N) is 1. The predicted octanol–water partition coefficient (Wildman–Crippen LogP) is 5.51. The number of hydrogen-bond acceptors (Lipinski definition) is 5. The molecule has 1 N–H and O–H groups in total. The van der Waals surface area contributed by atoms with Gasteiger partial charge in [0, 0.05) is 35.2 Å². The summed E-state index contributed by atoms with van der Waals surface area (Å²) in [7, 11) is 1.56. The van der Waals surface area contributed by atoms with Crippen LogP contribution in [0, 0.1) is 0 Å². The molecule has 0 unspecified atom stereocenters. The maximum absolute atomic E-state index is 12.1. The van der Waals surface area contributed by atoms with Gasteiger partial charge in [0.05, 0.1) is 12.6 Å². The Kier molecular flexibility index (Phi) is 10.2. The lowest BCUT2D eigenvalue weighted by Gasteiger charge is -2.14. The van der Waals surface area contributed by atoms with Gasteiger partial charge in [0.25, 0.3) is 0 Å². The van der Waals surface area contributed by atoms with Gasteiger partial charge in [0.1, 0.15) is 5.82 Å². The molecule has 0 spiro atoms. The van der Waals surface area contributed by atoms with Crippen LogP contribution in [0.1, 0.15) is 53.0 Å². The van der Waals surface area contributed by atoms with Crippen molar-refractivity contribution < 1.29 is 14.3 Å². The number of fused-ring (bicyclic) bond motifs is 1. The van der Waals surface area contributed by atoms with E-state index in [-0.39, 0.29) is 5.78 Å². The first-order valence-corrected chi connectivity index (χ1v) is 10.1. The van der Waals surface area contributed by atoms with Crippen LogP contribution in [0.2, 0.25) is 0 Å². The molecule has 2 aromatic rings. The molecule has 0 aliphatic heterocycles. The molecule has 0 aliphatic carbocycles. The summed E-state index contributed by atoms with van der Waals surface area (Å²) >= 11 is 0. The van der Waals surface area contributed by atoms with Crippen LogP contribution >= 0.6 is 0 Å². The Balaban J connectivity index is 0.00000218. The van der Waals surface area contributed by atoms with Crippen molar-refractivity contribution in [3.63, 3.8) is 0 Å². The van der Waals surface area contributed by atoms with E-state index in [1.807, 2.05) is 46.8 Å². The first kappa shape index (κ1) is 24.8. The SMILES string of the molecule is C=C(/C=C(C)\C(=C/C)c1cc2cnc(NC=O)cc2nc1OC)C(=O)CCC.CC. The number of amides is 1. The standard InChI is InChI=1S/C22H25N3O3.C2H6/c1-6-8-20(27)15(4)9-14(3)17(7-2)18-10-16-12-23-21(24-13-26)11-19(16)25-22(18)28-5;1-2/h7,9-13H,4,6,8H2,1-3,5H3,(H,23,24,26);1-2H3/b14-9-,17-7+;. The summed E-state index contributed by atoms with van der Waals surface area (Å²) in [6, 6.07) is 3.61. The molecule has 0 atom stereocenters. The van der Waals surface area contributed by atoms with Gasteiger partial charge in [0.2, 0.25) is 12.3 Å². The normalized spacial score (nSPS) is 11.4. The van der Waals surface area contributed by atoms with E-state index in [4.69, 9.17) is 4.74 Å². The number of Topliss-reactive ketones (excluding diaryl/α,β-unsaturated/α-hetero) is 1. The van der Waals surface area contributed by atoms with Gasteiger partial charge in [0.15, 0.2) is 5.78 Å². The van der Waals surface area contributed by atoms with E-state index in [1.54, 1.807) is 25.4 Å². The highest BCUT2D eigenvalue weighted by atomic mass is 16.5. The van der Waals surface area contributed by atoms with E-state index >= 15 is 0 Å². The molecule has 0 saturated heterocycles. The summed E-state index contributed by atoms with van der Waals surface area (Å²) in [5.74, 6) is 0.903. The van der Waals surface area contributed by atoms with E-state index in [0.717, 1.165) is 28.5 Å². The minimum absolute atomic E-state index is 0.0420. The summed E-state index contributed by atoms with van der Waals surface area (Å²) in [5, 5.41) is 3.32. The fourth-order valence-corrected chi connectivity index (χ4v) is 2.94. The zero-order valence-corrected chi connectivity index (χ0v) is 18.7. The van der Waals surface area contributed by atoms with Crippen molar-refractivity contribution in [1.29, 1.82) is 0 Å². The van der Waals surface area contributed by atoms with Crippen molar-refractivity contribution in [2.24, 2.45) is 0 Å². The number of pyridine rings is 2. The Hall–Kier alpha value is -3.28. The summed E-state index contributed by atoms with van der Waals surface area (Å²) in [5.41, 5.74) is 3.72. The lowest BCUT2D eigenvalue weighted by molar-refractivity contribution is -0.115. The molecule has 0 bridgehead atoms. The zero-order chi connectivity index (χ0) is 22.7. The predicted molar refractivity (Wildman–Crippen MR) is 124 cm³/mol. The van der Waals surface area contributed by atoms with Gasteiger partial charge in [-0.15, -0.1) is 0 Å². The van der Waals surface area contributed by atoms with Gasteiger partial charge >= 0.3 is 0 Å². The fraction of sp³-hybridized carbons (Fsp3) is 0.333. The fourth-order valence-electron chi connectivity index (χ4n) is 2.94. The maximum atomic E-state index is 12.1. The number of anilines is 1. The molecule has 6 nitrogen and oxygen atoms in total. The number of ketones is 1. The first-order valence-electron chi connectivity index (χ1n) is 10.1. The monoisotopic (exact) mass is 409 g/mol. The number of carbonyl (C=O) groups is 2. The number of carbonyl (C=O) groups excluding carboxylic acids is 2. The number of hydrogen-bond donors (Lipinski definition) is 1. The first-order chi connectivity index (χ1) is 14.4. The Morgan fingerprint density at radius 1 is 1.30 bits per heavy atom. The summed E-state index contributed by atoms with van der Waals surface area (Å²) < 4.78 is 5.50. The van der Waals surface area contributed by atoms with Crippen LogP contribution < -0.4 is 10.1 Å². The summed E-state index contributed by atoms with van der Waals surface area (Å²) in [4.78, 5) is 31.5. The molecule has 0 saturated carbocycles. The van der Waals surface area contributed by atoms with Crippen molar-refractivity contribution in [2.45, 2.75) is 47.5 Å². The lowest BCUT2D eigenvalue weighted by atomic mass is 9.95. The molecule has 1 amide bonds. The highest BCUT2D eigenvalue weighted by Gasteiger charge is 2.15. The summed E-state index contributed by atoms with van der Waals surface area (Å²) in [6.45, 7) is 13.7. The van der Waals surface area contributed by atoms with E-state index in [1.165, 1.54) is 0 Å². The van der Waals surface area contributed by atoms with Crippen LogP contribution in [0.15, 0.2) is 48.2 Å². The second-order valence-corrected chi connectivity index (χ2v) is 6.30. The quantitative estimate of drug-likeness (QED) is 0.336. The number of allylic oxidation sites excluding steroid dienone is 5. The van der Waals surface area contributed by atoms with Crippen LogP contribution in [-0.4, -0.2) is 29.3 Å². The molecule has 2 heterocycles. The minimum atomic E-state index is 0.0420. The van der Waals surface area contributed by atoms with Crippen molar-refractivity contribution >= 4 is 34.5 Å². The number of nitrogens with zero attached hydrogens (tertiary/aromatic N) is 2. The van der Waals surface area contributed by atoms with Crippen LogP contribution in [0.3, 0.4) is 0 Å². The molecule has 2 rings (SSSR count). The number of rotatable bonds is 9. The number of aromatic nitrogens is 2. The highest BCUT2D eigenvalue weighted by Crippen LogP contribution is 2.33. The second-order valence-electron chi connectivity index (χ2n) is 6.30. The molecular formula is C24H31N3O3. The maximum Gasteiger partial charge on any atom is 0.221 e. The van der Waals surface area contributed by atoms with Gasteiger partial charge in [-0.3, -0.25) is 9.59 Å². The molecule has 30 heavy (non-hydrogen) atoms. The highest BCUT2D eigenvalue weighted by molar-refractivity contribution is 5.99. The van der Waals surface area contributed by atoms with E-state index in [2.05, 4.69) is 21.9 Å². The average molecular weight is 410 g/mol. The van der Waals surface area contributed by atoms with Gasteiger partial charge in [-0.25, -0.2) is 9.97 Å². The summed E-state index contributed by atoms with van der Waals surface area (Å²) in [6.07, 6.45) is 7.23. The van der Waals surface area contributed by atoms with Gasteiger partial charge in [-0.2, -0.15) is 0 Å². The smallest absolute Gasteiger partial charge is 0.221 e. The third-order valence-corrected chi connectivity index (χ3v) is 4.29. The van der Waals surface area contributed by atoms with Crippen molar-refractivity contribution in [1.82, 2.24) is 9.97 Å². The van der Waals surface area contributed by atoms with E-state index in [9.17, 15) is 9.59 Å². The number of methoxy groups -OCH3 is 1. The second kappa shape index (κ2) is 12.3. The van der Waals surface area contributed by atoms with E-state index < -0.39 is 0 Å². The van der Waals surface area contributed by atoms with Crippen molar-refractivity contribution in [2.75, 3.05) is 12.4 Å². The molecule has 160 valence electrons. The third-order valence-electron chi connectivity index (χ3n) is 4.29. The average Bonchev–Trinajstić information content (AvgIpc) is 2.75. The molecular weight excluding hydrogens is 378 g/mol. The van der Waals surface area contributed by atoms with Crippen molar-refractivity contribution in [3.8, 4) is 5.88 Å². The molecule has 0 aromatic carbocycles. The molecule has 6 heteroatoms. The van der Waals surface area contributed by atoms with Gasteiger partial charge < -0.3 is 10.1 Å². The Morgan fingerprint density at radius 2 is 2.00 bits per heavy atom. The zero-order valence-electron chi connectivity index (χ0n) is 18.7. The molecule has 0 aliphatic rings. The van der Waals surface area contributed by atoms with E-state index in [0.29, 0.717) is 35.6 Å². The topological polar surface area (TPSA) is 81.2 Å². The van der Waals surface area contributed by atoms with Crippen molar-refractivity contribution in [3.05, 3.63) is 53.8 Å². The largest absolute Gasteiger partial charge is 0.481 e. The van der Waals surface area contributed by atoms with Crippen LogP contribution in [0.25, 0.3) is 16.5 Å². The minimum Gasteiger partial charge on any atom is -0.481 e. The Labute approximate surface area is 178 Å². The van der Waals surface area contributed by atoms with Crippen LogP contribution in [0.5, 0.6) is 5.88 Å². The van der Waals surface area contributed by atoms with Crippen LogP contribution in [-0.2, 0) is 9.59 Å². The van der Waals surface area contributed by atoms with Crippen LogP contribution in [0.4, 0.5) is 5.82 Å².